The zero-order chi connectivity index (χ0) is 23.5. The Hall–Kier alpha value is -2.86. The van der Waals surface area contributed by atoms with E-state index in [1.165, 1.54) is 6.08 Å². The number of carbonyl (C=O) groups excluding carboxylic acids is 2. The fourth-order valence-electron chi connectivity index (χ4n) is 3.41. The van der Waals surface area contributed by atoms with Crippen molar-refractivity contribution < 1.29 is 36.4 Å². The van der Waals surface area contributed by atoms with Gasteiger partial charge in [0, 0.05) is 24.5 Å². The lowest BCUT2D eigenvalue weighted by atomic mass is 9.92. The molecule has 12 heteroatoms. The number of hydrogen-bond donors (Lipinski definition) is 2. The maximum Gasteiger partial charge on any atom is 0.271 e. The van der Waals surface area contributed by atoms with Crippen molar-refractivity contribution in [2.75, 3.05) is 12.4 Å². The molecule has 0 saturated carbocycles. The monoisotopic (exact) mass is 471 g/mol. The molecule has 0 spiro atoms. The van der Waals surface area contributed by atoms with Crippen molar-refractivity contribution in [2.45, 2.75) is 43.9 Å². The number of hydrogen-bond acceptors (Lipinski definition) is 7. The van der Waals surface area contributed by atoms with E-state index < -0.39 is 51.2 Å². The fourth-order valence-corrected chi connectivity index (χ4v) is 4.48. The minimum absolute atomic E-state index is 0.0201. The van der Waals surface area contributed by atoms with Crippen LogP contribution in [0.5, 0.6) is 0 Å². The van der Waals surface area contributed by atoms with Crippen LogP contribution in [0.1, 0.15) is 31.7 Å². The highest BCUT2D eigenvalue weighted by atomic mass is 32.2. The third-order valence-electron chi connectivity index (χ3n) is 5.01. The van der Waals surface area contributed by atoms with Crippen LogP contribution in [0.3, 0.4) is 0 Å². The largest absolute Gasteiger partial charge is 0.374 e. The van der Waals surface area contributed by atoms with Gasteiger partial charge in [-0.15, -0.1) is 0 Å². The molecule has 2 amide bonds. The summed E-state index contributed by atoms with van der Waals surface area (Å²) in [5.41, 5.74) is -1.31. The molecule has 0 bridgehead atoms. The number of ether oxygens (including phenoxy) is 1. The van der Waals surface area contributed by atoms with E-state index in [9.17, 15) is 26.8 Å². The summed E-state index contributed by atoms with van der Waals surface area (Å²) in [4.78, 5) is 30.3. The van der Waals surface area contributed by atoms with Crippen LogP contribution in [0.25, 0.3) is 0 Å². The van der Waals surface area contributed by atoms with Gasteiger partial charge in [-0.2, -0.15) is 0 Å². The van der Waals surface area contributed by atoms with E-state index in [1.807, 2.05) is 4.72 Å². The normalized spacial score (nSPS) is 25.0. The molecule has 3 atom stereocenters. The Morgan fingerprint density at radius 1 is 1.31 bits per heavy atom. The molecule has 1 aromatic rings. The second-order valence-corrected chi connectivity index (χ2v) is 9.41. The summed E-state index contributed by atoms with van der Waals surface area (Å²) in [6.45, 7) is 5.25. The van der Waals surface area contributed by atoms with Crippen LogP contribution >= 0.6 is 0 Å². The maximum absolute atomic E-state index is 13.5. The highest BCUT2D eigenvalue weighted by Gasteiger charge is 2.46. The quantitative estimate of drug-likeness (QED) is 0.549. The van der Waals surface area contributed by atoms with Crippen LogP contribution in [0, 0.1) is 11.6 Å². The summed E-state index contributed by atoms with van der Waals surface area (Å²) in [5, 5.41) is 6.47. The SMILES string of the molecule is C=C[C@]1(C(=O)NC2COC(C(=O)NS(=O)(=O)CCC)C2)CC(c2cc(F)cc(F)c2)=NO1. The summed E-state index contributed by atoms with van der Waals surface area (Å²) in [6, 6.07) is 2.27. The third kappa shape index (κ3) is 5.30. The second-order valence-electron chi connectivity index (χ2n) is 7.57. The molecule has 0 aliphatic carbocycles. The Bertz CT molecular complexity index is 1040. The number of rotatable bonds is 8. The van der Waals surface area contributed by atoms with Gasteiger partial charge in [-0.3, -0.25) is 14.3 Å². The van der Waals surface area contributed by atoms with Crippen LogP contribution in [0.15, 0.2) is 36.0 Å². The molecular formula is C20H23F2N3O6S. The van der Waals surface area contributed by atoms with Crippen LogP contribution in [-0.2, 0) is 29.2 Å². The van der Waals surface area contributed by atoms with Crippen LogP contribution in [-0.4, -0.2) is 56.1 Å². The predicted molar refractivity (Wildman–Crippen MR) is 110 cm³/mol. The number of carbonyl (C=O) groups is 2. The molecule has 0 aromatic heterocycles. The number of halogens is 2. The molecule has 2 aliphatic rings. The smallest absolute Gasteiger partial charge is 0.271 e. The second kappa shape index (κ2) is 9.33. The Balaban J connectivity index is 1.61. The Kier molecular flexibility index (Phi) is 6.94. The molecule has 9 nitrogen and oxygen atoms in total. The van der Waals surface area contributed by atoms with Crippen molar-refractivity contribution in [1.82, 2.24) is 10.0 Å². The van der Waals surface area contributed by atoms with E-state index in [4.69, 9.17) is 9.57 Å². The number of amides is 2. The molecule has 0 radical (unpaired) electrons. The number of sulfonamides is 1. The van der Waals surface area contributed by atoms with Gasteiger partial charge >= 0.3 is 0 Å². The third-order valence-corrected chi connectivity index (χ3v) is 6.47. The number of benzene rings is 1. The average molecular weight is 471 g/mol. The van der Waals surface area contributed by atoms with Gasteiger partial charge in [-0.05, 0) is 24.6 Å². The number of oxime groups is 1. The summed E-state index contributed by atoms with van der Waals surface area (Å²) in [7, 11) is -3.74. The minimum Gasteiger partial charge on any atom is -0.374 e. The first-order chi connectivity index (χ1) is 15.1. The van der Waals surface area contributed by atoms with Gasteiger partial charge in [0.1, 0.15) is 17.7 Å². The first kappa shape index (κ1) is 23.8. The Labute approximate surface area is 183 Å². The molecule has 1 aromatic carbocycles. The van der Waals surface area contributed by atoms with E-state index in [0.717, 1.165) is 12.1 Å². The van der Waals surface area contributed by atoms with Gasteiger partial charge < -0.3 is 14.9 Å². The van der Waals surface area contributed by atoms with Crippen LogP contribution in [0.2, 0.25) is 0 Å². The van der Waals surface area contributed by atoms with Crippen molar-refractivity contribution >= 4 is 27.5 Å². The topological polar surface area (TPSA) is 123 Å². The van der Waals surface area contributed by atoms with Crippen molar-refractivity contribution in [3.63, 3.8) is 0 Å². The molecule has 174 valence electrons. The van der Waals surface area contributed by atoms with Crippen molar-refractivity contribution in [1.29, 1.82) is 0 Å². The van der Waals surface area contributed by atoms with Gasteiger partial charge in [-0.1, -0.05) is 18.7 Å². The van der Waals surface area contributed by atoms with E-state index in [1.54, 1.807) is 6.92 Å². The Morgan fingerprint density at radius 3 is 2.62 bits per heavy atom. The van der Waals surface area contributed by atoms with Gasteiger partial charge in [0.2, 0.25) is 15.6 Å². The Morgan fingerprint density at radius 2 is 2.00 bits per heavy atom. The number of nitrogens with one attached hydrogen (secondary N) is 2. The molecule has 2 N–H and O–H groups in total. The first-order valence-corrected chi connectivity index (χ1v) is 11.5. The molecular weight excluding hydrogens is 448 g/mol. The lowest BCUT2D eigenvalue weighted by molar-refractivity contribution is -0.139. The fraction of sp³-hybridized carbons (Fsp3) is 0.450. The van der Waals surface area contributed by atoms with Crippen molar-refractivity contribution in [3.8, 4) is 0 Å². The van der Waals surface area contributed by atoms with Gasteiger partial charge in [0.25, 0.3) is 11.8 Å². The zero-order valence-electron chi connectivity index (χ0n) is 17.3. The summed E-state index contributed by atoms with van der Waals surface area (Å²) >= 11 is 0. The van der Waals surface area contributed by atoms with E-state index in [2.05, 4.69) is 17.1 Å². The molecule has 3 rings (SSSR count). The van der Waals surface area contributed by atoms with E-state index in [-0.39, 0.29) is 36.5 Å². The van der Waals surface area contributed by atoms with E-state index >= 15 is 0 Å². The lowest BCUT2D eigenvalue weighted by Gasteiger charge is -2.23. The lowest BCUT2D eigenvalue weighted by Crippen LogP contribution is -2.49. The molecule has 2 unspecified atom stereocenters. The molecule has 1 fully saturated rings. The molecule has 2 aliphatic heterocycles. The summed E-state index contributed by atoms with van der Waals surface area (Å²) in [5.74, 6) is -3.21. The maximum atomic E-state index is 13.5. The zero-order valence-corrected chi connectivity index (χ0v) is 18.1. The number of nitrogens with zero attached hydrogens (tertiary/aromatic N) is 1. The van der Waals surface area contributed by atoms with Crippen molar-refractivity contribution in [3.05, 3.63) is 48.1 Å². The van der Waals surface area contributed by atoms with Crippen LogP contribution in [0.4, 0.5) is 8.78 Å². The van der Waals surface area contributed by atoms with E-state index in [0.29, 0.717) is 12.5 Å². The molecule has 2 heterocycles. The highest BCUT2D eigenvalue weighted by molar-refractivity contribution is 7.90. The van der Waals surface area contributed by atoms with Gasteiger partial charge in [0.15, 0.2) is 0 Å². The highest BCUT2D eigenvalue weighted by Crippen LogP contribution is 2.29. The van der Waals surface area contributed by atoms with Crippen LogP contribution < -0.4 is 10.0 Å². The predicted octanol–water partition coefficient (Wildman–Crippen LogP) is 1.14. The first-order valence-electron chi connectivity index (χ1n) is 9.89. The average Bonchev–Trinajstić information content (AvgIpc) is 3.34. The molecule has 1 saturated heterocycles. The molecule has 32 heavy (non-hydrogen) atoms. The van der Waals surface area contributed by atoms with Crippen molar-refractivity contribution in [2.24, 2.45) is 5.16 Å². The standard InChI is InChI=1S/C20H23F2N3O6S/c1-3-5-32(28,29)25-18(26)17-9-15(11-30-17)23-19(27)20(4-2)10-16(24-31-20)12-6-13(21)8-14(22)7-12/h4,6-8,15,17H,2-3,5,9-11H2,1H3,(H,23,27)(H,25,26)/t15?,17?,20-/m1/s1. The minimum atomic E-state index is -3.74. The summed E-state index contributed by atoms with van der Waals surface area (Å²) in [6.07, 6.45) is 0.472. The van der Waals surface area contributed by atoms with Gasteiger partial charge in [-0.25, -0.2) is 17.2 Å². The van der Waals surface area contributed by atoms with Gasteiger partial charge in [0.05, 0.1) is 24.1 Å². The summed E-state index contributed by atoms with van der Waals surface area (Å²) < 4.78 is 57.8.